The van der Waals surface area contributed by atoms with Crippen LogP contribution in [0, 0.1) is 0 Å². The predicted molar refractivity (Wildman–Crippen MR) is 98.2 cm³/mol. The smallest absolute Gasteiger partial charge is 0.321 e. The fourth-order valence-corrected chi connectivity index (χ4v) is 3.50. The van der Waals surface area contributed by atoms with Gasteiger partial charge in [0.15, 0.2) is 0 Å². The highest BCUT2D eigenvalue weighted by Gasteiger charge is 2.24. The zero-order chi connectivity index (χ0) is 18.7. The Labute approximate surface area is 152 Å². The van der Waals surface area contributed by atoms with Gasteiger partial charge in [-0.3, -0.25) is 9.45 Å². The molecule has 8 heteroatoms. The minimum absolute atomic E-state index is 0.205. The van der Waals surface area contributed by atoms with Gasteiger partial charge in [0.25, 0.3) is 10.1 Å². The molecule has 2 aromatic rings. The Morgan fingerprint density at radius 2 is 1.92 bits per heavy atom. The second-order valence-corrected chi connectivity index (χ2v) is 7.30. The molecule has 2 N–H and O–H groups in total. The topological polar surface area (TPSA) is 95.9 Å². The van der Waals surface area contributed by atoms with E-state index in [0.29, 0.717) is 42.3 Å². The maximum absolute atomic E-state index is 11.9. The second kappa shape index (κ2) is 7.35. The molecule has 1 aliphatic rings. The molecule has 0 aromatic heterocycles. The van der Waals surface area contributed by atoms with E-state index in [1.807, 2.05) is 6.92 Å². The summed E-state index contributed by atoms with van der Waals surface area (Å²) in [5, 5.41) is 2.70. The van der Waals surface area contributed by atoms with E-state index in [2.05, 4.69) is 5.32 Å². The van der Waals surface area contributed by atoms with E-state index in [4.69, 9.17) is 4.74 Å². The highest BCUT2D eigenvalue weighted by Crippen LogP contribution is 2.33. The van der Waals surface area contributed by atoms with Crippen LogP contribution in [-0.2, 0) is 10.1 Å². The van der Waals surface area contributed by atoms with Crippen LogP contribution in [0.15, 0.2) is 47.4 Å². The molecule has 2 aromatic carbocycles. The minimum atomic E-state index is -4.41. The Morgan fingerprint density at radius 1 is 1.19 bits per heavy atom. The molecule has 0 saturated carbocycles. The summed E-state index contributed by atoms with van der Waals surface area (Å²) < 4.78 is 38.6. The van der Waals surface area contributed by atoms with Crippen LogP contribution in [0.3, 0.4) is 0 Å². The second-order valence-electron chi connectivity index (χ2n) is 5.91. The largest absolute Gasteiger partial charge is 0.494 e. The molecule has 0 aliphatic carbocycles. The maximum atomic E-state index is 11.9. The Hall–Kier alpha value is -2.58. The summed E-state index contributed by atoms with van der Waals surface area (Å²) in [6, 6.07) is 11.1. The summed E-state index contributed by atoms with van der Waals surface area (Å²) in [5.74, 6) is 0.680. The van der Waals surface area contributed by atoms with Gasteiger partial charge in [-0.05, 0) is 42.3 Å². The van der Waals surface area contributed by atoms with E-state index in [1.54, 1.807) is 30.3 Å². The van der Waals surface area contributed by atoms with E-state index in [9.17, 15) is 17.8 Å². The van der Waals surface area contributed by atoms with Crippen LogP contribution in [0.2, 0.25) is 0 Å². The maximum Gasteiger partial charge on any atom is 0.321 e. The van der Waals surface area contributed by atoms with Crippen molar-refractivity contribution >= 4 is 21.8 Å². The highest BCUT2D eigenvalue weighted by atomic mass is 32.2. The Morgan fingerprint density at radius 3 is 2.50 bits per heavy atom. The van der Waals surface area contributed by atoms with Gasteiger partial charge >= 0.3 is 6.03 Å². The number of nitrogens with one attached hydrogen (secondary N) is 1. The van der Waals surface area contributed by atoms with E-state index < -0.39 is 10.1 Å². The summed E-state index contributed by atoms with van der Waals surface area (Å²) in [5.41, 5.74) is 1.49. The first kappa shape index (κ1) is 18.2. The summed E-state index contributed by atoms with van der Waals surface area (Å²) in [6.07, 6.45) is 0.884. The number of benzene rings is 2. The number of nitrogens with zero attached hydrogens (tertiary/aromatic N) is 1. The summed E-state index contributed by atoms with van der Waals surface area (Å²) in [7, 11) is -4.41. The molecule has 26 heavy (non-hydrogen) atoms. The van der Waals surface area contributed by atoms with Crippen LogP contribution in [0.1, 0.15) is 13.3 Å². The van der Waals surface area contributed by atoms with Crippen LogP contribution < -0.4 is 15.0 Å². The molecule has 0 radical (unpaired) electrons. The van der Waals surface area contributed by atoms with Gasteiger partial charge in [-0.1, -0.05) is 19.1 Å². The van der Waals surface area contributed by atoms with Gasteiger partial charge in [-0.15, -0.1) is 0 Å². The van der Waals surface area contributed by atoms with Crippen LogP contribution in [0.25, 0.3) is 11.1 Å². The lowest BCUT2D eigenvalue weighted by atomic mass is 10.0. The lowest BCUT2D eigenvalue weighted by molar-refractivity contribution is 0.252. The van der Waals surface area contributed by atoms with Crippen molar-refractivity contribution in [3.63, 3.8) is 0 Å². The molecular weight excluding hydrogens is 356 g/mol. The van der Waals surface area contributed by atoms with Crippen LogP contribution in [-0.4, -0.2) is 38.7 Å². The van der Waals surface area contributed by atoms with E-state index >= 15 is 0 Å². The van der Waals surface area contributed by atoms with Crippen molar-refractivity contribution in [3.05, 3.63) is 42.5 Å². The highest BCUT2D eigenvalue weighted by molar-refractivity contribution is 7.86. The molecule has 1 heterocycles. The minimum Gasteiger partial charge on any atom is -0.494 e. The van der Waals surface area contributed by atoms with Crippen molar-refractivity contribution < 1.29 is 22.5 Å². The van der Waals surface area contributed by atoms with Gasteiger partial charge in [-0.2, -0.15) is 8.42 Å². The first-order valence-corrected chi connectivity index (χ1v) is 9.74. The lowest BCUT2D eigenvalue weighted by Crippen LogP contribution is -2.27. The fourth-order valence-electron chi connectivity index (χ4n) is 2.80. The molecule has 0 unspecified atom stereocenters. The number of rotatable bonds is 6. The van der Waals surface area contributed by atoms with Crippen LogP contribution >= 0.6 is 0 Å². The van der Waals surface area contributed by atoms with Gasteiger partial charge < -0.3 is 10.1 Å². The van der Waals surface area contributed by atoms with Crippen molar-refractivity contribution in [1.29, 1.82) is 0 Å². The van der Waals surface area contributed by atoms with Crippen LogP contribution in [0.5, 0.6) is 5.75 Å². The first-order chi connectivity index (χ1) is 12.4. The first-order valence-electron chi connectivity index (χ1n) is 8.30. The summed E-state index contributed by atoms with van der Waals surface area (Å²) in [6.45, 7) is 3.62. The van der Waals surface area contributed by atoms with Gasteiger partial charge in [0.1, 0.15) is 10.6 Å². The van der Waals surface area contributed by atoms with E-state index in [0.717, 1.165) is 6.42 Å². The number of anilines is 1. The molecule has 2 amide bonds. The Kier molecular flexibility index (Phi) is 5.15. The van der Waals surface area contributed by atoms with Gasteiger partial charge in [0.2, 0.25) is 0 Å². The molecule has 3 rings (SSSR count). The normalized spacial score (nSPS) is 14.4. The number of carbonyl (C=O) groups is 1. The molecule has 1 fully saturated rings. The average Bonchev–Trinajstić information content (AvgIpc) is 3.05. The molecular formula is C18H20N2O5S. The van der Waals surface area contributed by atoms with E-state index in [1.165, 1.54) is 17.0 Å². The SMILES string of the molecule is CCCOc1ccc(-c2cc(N3CCNC3=O)ccc2S(=O)(=O)O)cc1. The number of ether oxygens (including phenoxy) is 1. The van der Waals surface area contributed by atoms with Gasteiger partial charge in [-0.25, -0.2) is 4.79 Å². The Bertz CT molecular complexity index is 910. The molecule has 7 nitrogen and oxygen atoms in total. The van der Waals surface area contributed by atoms with Crippen molar-refractivity contribution in [3.8, 4) is 16.9 Å². The molecule has 138 valence electrons. The number of amides is 2. The predicted octanol–water partition coefficient (Wildman–Crippen LogP) is 2.92. The molecule has 0 bridgehead atoms. The van der Waals surface area contributed by atoms with Crippen molar-refractivity contribution in [1.82, 2.24) is 5.32 Å². The van der Waals surface area contributed by atoms with Crippen LogP contribution in [0.4, 0.5) is 10.5 Å². The molecule has 1 saturated heterocycles. The molecule has 0 spiro atoms. The standard InChI is InChI=1S/C18H20N2O5S/c1-2-11-25-15-6-3-13(4-7-15)16-12-14(20-10-9-19-18(20)21)5-8-17(16)26(22,23)24/h3-8,12H,2,9-11H2,1H3,(H,19,21)(H,22,23,24). The zero-order valence-corrected chi connectivity index (χ0v) is 15.1. The van der Waals surface area contributed by atoms with Crippen molar-refractivity contribution in [2.45, 2.75) is 18.2 Å². The van der Waals surface area contributed by atoms with Crippen molar-refractivity contribution in [2.75, 3.05) is 24.6 Å². The number of carbonyl (C=O) groups excluding carboxylic acids is 1. The quantitative estimate of drug-likeness (QED) is 0.756. The molecule has 1 aliphatic heterocycles. The number of hydrogen-bond acceptors (Lipinski definition) is 4. The third-order valence-corrected chi connectivity index (χ3v) is 4.96. The Balaban J connectivity index is 2.03. The molecule has 0 atom stereocenters. The summed E-state index contributed by atoms with van der Waals surface area (Å²) in [4.78, 5) is 13.2. The zero-order valence-electron chi connectivity index (χ0n) is 14.3. The summed E-state index contributed by atoms with van der Waals surface area (Å²) >= 11 is 0. The van der Waals surface area contributed by atoms with Gasteiger partial charge in [0.05, 0.1) is 6.61 Å². The third-order valence-electron chi connectivity index (χ3n) is 4.05. The number of urea groups is 1. The average molecular weight is 376 g/mol. The number of hydrogen-bond donors (Lipinski definition) is 2. The van der Waals surface area contributed by atoms with E-state index in [-0.39, 0.29) is 10.9 Å². The third kappa shape index (κ3) is 3.81. The van der Waals surface area contributed by atoms with Crippen molar-refractivity contribution in [2.24, 2.45) is 0 Å². The van der Waals surface area contributed by atoms with Gasteiger partial charge in [0, 0.05) is 24.3 Å². The lowest BCUT2D eigenvalue weighted by Gasteiger charge is -2.17. The monoisotopic (exact) mass is 376 g/mol. The fraction of sp³-hybridized carbons (Fsp3) is 0.278.